The summed E-state index contributed by atoms with van der Waals surface area (Å²) in [6.07, 6.45) is 7.17. The first kappa shape index (κ1) is 11.4. The van der Waals surface area contributed by atoms with Crippen molar-refractivity contribution >= 4 is 0 Å². The zero-order valence-corrected chi connectivity index (χ0v) is 9.58. The molecule has 0 radical (unpaired) electrons. The highest BCUT2D eigenvalue weighted by Crippen LogP contribution is 2.45. The zero-order chi connectivity index (χ0) is 10.6. The van der Waals surface area contributed by atoms with E-state index in [9.17, 15) is 0 Å². The molecule has 3 heteroatoms. The number of aliphatic hydroxyl groups is 1. The normalized spacial score (nSPS) is 25.4. The van der Waals surface area contributed by atoms with Gasteiger partial charge in [-0.2, -0.15) is 0 Å². The standard InChI is InChI=1S/C12H23NO2/c14-8-10-15-9-7-13-6-5-12(11-13)3-1-2-4-12/h14H,1-11H2. The number of hydrogen-bond donors (Lipinski definition) is 1. The predicted molar refractivity (Wildman–Crippen MR) is 59.9 cm³/mol. The van der Waals surface area contributed by atoms with Crippen LogP contribution in [0.1, 0.15) is 32.1 Å². The van der Waals surface area contributed by atoms with Crippen molar-refractivity contribution in [3.05, 3.63) is 0 Å². The summed E-state index contributed by atoms with van der Waals surface area (Å²) in [5, 5.41) is 8.59. The Morgan fingerprint density at radius 1 is 1.13 bits per heavy atom. The molecular formula is C12H23NO2. The minimum Gasteiger partial charge on any atom is -0.394 e. The molecule has 1 saturated carbocycles. The molecule has 0 unspecified atom stereocenters. The van der Waals surface area contributed by atoms with Crippen LogP contribution in [0.5, 0.6) is 0 Å². The van der Waals surface area contributed by atoms with Crippen LogP contribution in [0.2, 0.25) is 0 Å². The lowest BCUT2D eigenvalue weighted by molar-refractivity contribution is 0.0758. The van der Waals surface area contributed by atoms with E-state index in [1.165, 1.54) is 45.2 Å². The minimum atomic E-state index is 0.143. The van der Waals surface area contributed by atoms with Crippen molar-refractivity contribution in [2.75, 3.05) is 39.5 Å². The van der Waals surface area contributed by atoms with E-state index >= 15 is 0 Å². The van der Waals surface area contributed by atoms with Gasteiger partial charge in [0.05, 0.1) is 19.8 Å². The molecule has 1 aliphatic heterocycles. The molecule has 0 aromatic rings. The summed E-state index contributed by atoms with van der Waals surface area (Å²) in [4.78, 5) is 2.53. The maximum Gasteiger partial charge on any atom is 0.0698 e. The lowest BCUT2D eigenvalue weighted by Crippen LogP contribution is -2.28. The van der Waals surface area contributed by atoms with Crippen LogP contribution < -0.4 is 0 Å². The Morgan fingerprint density at radius 2 is 1.93 bits per heavy atom. The molecule has 1 saturated heterocycles. The summed E-state index contributed by atoms with van der Waals surface area (Å²) in [5.41, 5.74) is 0.678. The average molecular weight is 213 g/mol. The fourth-order valence-corrected chi connectivity index (χ4v) is 3.11. The third-order valence-electron chi connectivity index (χ3n) is 3.97. The number of likely N-dealkylation sites (tertiary alicyclic amines) is 1. The van der Waals surface area contributed by atoms with E-state index in [1.807, 2.05) is 0 Å². The van der Waals surface area contributed by atoms with Crippen LogP contribution in [0.3, 0.4) is 0 Å². The first-order chi connectivity index (χ1) is 7.35. The number of aliphatic hydroxyl groups excluding tert-OH is 1. The van der Waals surface area contributed by atoms with E-state index in [1.54, 1.807) is 0 Å². The second kappa shape index (κ2) is 5.28. The predicted octanol–water partition coefficient (Wildman–Crippen LogP) is 1.26. The van der Waals surface area contributed by atoms with Gasteiger partial charge in [0.2, 0.25) is 0 Å². The lowest BCUT2D eigenvalue weighted by atomic mass is 9.86. The Hall–Kier alpha value is -0.120. The summed E-state index contributed by atoms with van der Waals surface area (Å²) in [6, 6.07) is 0. The van der Waals surface area contributed by atoms with Crippen molar-refractivity contribution in [2.24, 2.45) is 5.41 Å². The SMILES string of the molecule is OCCOCCN1CCC2(CCCC2)C1. The molecule has 0 aromatic heterocycles. The first-order valence-corrected chi connectivity index (χ1v) is 6.26. The number of nitrogens with zero attached hydrogens (tertiary/aromatic N) is 1. The van der Waals surface area contributed by atoms with Crippen molar-refractivity contribution < 1.29 is 9.84 Å². The molecule has 1 aliphatic carbocycles. The van der Waals surface area contributed by atoms with E-state index < -0.39 is 0 Å². The summed E-state index contributed by atoms with van der Waals surface area (Å²) >= 11 is 0. The average Bonchev–Trinajstić information content (AvgIpc) is 2.85. The van der Waals surface area contributed by atoms with Gasteiger partial charge in [0.25, 0.3) is 0 Å². The second-order valence-corrected chi connectivity index (χ2v) is 5.07. The lowest BCUT2D eigenvalue weighted by Gasteiger charge is -2.23. The van der Waals surface area contributed by atoms with E-state index in [2.05, 4.69) is 4.90 Å². The summed E-state index contributed by atoms with van der Waals surface area (Å²) in [7, 11) is 0. The minimum absolute atomic E-state index is 0.143. The van der Waals surface area contributed by atoms with Crippen molar-refractivity contribution in [3.8, 4) is 0 Å². The van der Waals surface area contributed by atoms with Gasteiger partial charge in [-0.25, -0.2) is 0 Å². The molecule has 2 rings (SSSR count). The third kappa shape index (κ3) is 2.92. The molecule has 2 fully saturated rings. The number of ether oxygens (including phenoxy) is 1. The maximum atomic E-state index is 8.59. The largest absolute Gasteiger partial charge is 0.394 e. The molecular weight excluding hydrogens is 190 g/mol. The molecule has 0 bridgehead atoms. The number of hydrogen-bond acceptors (Lipinski definition) is 3. The van der Waals surface area contributed by atoms with Crippen molar-refractivity contribution in [3.63, 3.8) is 0 Å². The fourth-order valence-electron chi connectivity index (χ4n) is 3.11. The molecule has 1 spiro atoms. The maximum absolute atomic E-state index is 8.59. The molecule has 1 heterocycles. The summed E-state index contributed by atoms with van der Waals surface area (Å²) in [5.74, 6) is 0. The summed E-state index contributed by atoms with van der Waals surface area (Å²) in [6.45, 7) is 4.99. The van der Waals surface area contributed by atoms with Gasteiger partial charge in [-0.05, 0) is 31.2 Å². The molecule has 0 atom stereocenters. The molecule has 88 valence electrons. The van der Waals surface area contributed by atoms with E-state index in [0.29, 0.717) is 12.0 Å². The zero-order valence-electron chi connectivity index (χ0n) is 9.58. The van der Waals surface area contributed by atoms with Crippen LogP contribution in [-0.4, -0.2) is 49.5 Å². The van der Waals surface area contributed by atoms with Crippen molar-refractivity contribution in [1.29, 1.82) is 0 Å². The highest BCUT2D eigenvalue weighted by Gasteiger charge is 2.39. The summed E-state index contributed by atoms with van der Waals surface area (Å²) < 4.78 is 5.30. The Kier molecular flexibility index (Phi) is 4.00. The molecule has 1 N–H and O–H groups in total. The van der Waals surface area contributed by atoms with Gasteiger partial charge in [-0.15, -0.1) is 0 Å². The van der Waals surface area contributed by atoms with Gasteiger partial charge in [0.1, 0.15) is 0 Å². The van der Waals surface area contributed by atoms with E-state index in [-0.39, 0.29) is 6.61 Å². The van der Waals surface area contributed by atoms with Crippen molar-refractivity contribution in [2.45, 2.75) is 32.1 Å². The number of rotatable bonds is 5. The van der Waals surface area contributed by atoms with Crippen LogP contribution in [0.25, 0.3) is 0 Å². The van der Waals surface area contributed by atoms with Crippen LogP contribution in [0, 0.1) is 5.41 Å². The van der Waals surface area contributed by atoms with Gasteiger partial charge >= 0.3 is 0 Å². The quantitative estimate of drug-likeness (QED) is 0.698. The Bertz CT molecular complexity index is 190. The molecule has 0 amide bonds. The fraction of sp³-hybridized carbons (Fsp3) is 1.00. The molecule has 2 aliphatic rings. The molecule has 15 heavy (non-hydrogen) atoms. The Morgan fingerprint density at radius 3 is 2.67 bits per heavy atom. The van der Waals surface area contributed by atoms with Crippen LogP contribution in [-0.2, 0) is 4.74 Å². The second-order valence-electron chi connectivity index (χ2n) is 5.07. The van der Waals surface area contributed by atoms with Gasteiger partial charge in [0, 0.05) is 13.1 Å². The first-order valence-electron chi connectivity index (χ1n) is 6.26. The third-order valence-corrected chi connectivity index (χ3v) is 3.97. The van der Waals surface area contributed by atoms with Gasteiger partial charge in [-0.1, -0.05) is 12.8 Å². The van der Waals surface area contributed by atoms with Gasteiger partial charge in [0.15, 0.2) is 0 Å². The van der Waals surface area contributed by atoms with Crippen LogP contribution in [0.4, 0.5) is 0 Å². The topological polar surface area (TPSA) is 32.7 Å². The Labute approximate surface area is 92.4 Å². The highest BCUT2D eigenvalue weighted by atomic mass is 16.5. The highest BCUT2D eigenvalue weighted by molar-refractivity contribution is 4.92. The van der Waals surface area contributed by atoms with Crippen molar-refractivity contribution in [1.82, 2.24) is 4.90 Å². The molecule has 3 nitrogen and oxygen atoms in total. The van der Waals surface area contributed by atoms with E-state index in [4.69, 9.17) is 9.84 Å². The Balaban J connectivity index is 1.64. The van der Waals surface area contributed by atoms with E-state index in [0.717, 1.165) is 13.2 Å². The molecule has 0 aromatic carbocycles. The monoisotopic (exact) mass is 213 g/mol. The van der Waals surface area contributed by atoms with Gasteiger partial charge in [-0.3, -0.25) is 0 Å². The van der Waals surface area contributed by atoms with Gasteiger partial charge < -0.3 is 14.7 Å². The smallest absolute Gasteiger partial charge is 0.0698 e. The van der Waals surface area contributed by atoms with Crippen LogP contribution in [0.15, 0.2) is 0 Å². The van der Waals surface area contributed by atoms with Crippen LogP contribution >= 0.6 is 0 Å².